The number of aliphatic hydroxyl groups excluding tert-OH is 2. The molecule has 0 amide bonds. The average molecular weight is 354 g/mol. The molecule has 1 aliphatic rings. The second-order valence-corrected chi connectivity index (χ2v) is 5.68. The van der Waals surface area contributed by atoms with Crippen molar-refractivity contribution in [3.8, 4) is 0 Å². The number of allylic oxidation sites excluding steroid dienone is 2. The SMILES string of the molecule is O=[N+]([O-])c1cc(/C(=C2\C=CC=N2)c2ccc[nH]2)ccc1NC(CO)CO. The van der Waals surface area contributed by atoms with Crippen LogP contribution < -0.4 is 5.32 Å². The summed E-state index contributed by atoms with van der Waals surface area (Å²) in [7, 11) is 0. The van der Waals surface area contributed by atoms with Crippen molar-refractivity contribution in [2.75, 3.05) is 18.5 Å². The third-order valence-corrected chi connectivity index (χ3v) is 3.96. The van der Waals surface area contributed by atoms with Gasteiger partial charge < -0.3 is 20.5 Å². The normalized spacial score (nSPS) is 14.9. The Morgan fingerprint density at radius 3 is 2.69 bits per heavy atom. The molecule has 2 aromatic rings. The van der Waals surface area contributed by atoms with Gasteiger partial charge in [-0.2, -0.15) is 0 Å². The molecule has 8 heteroatoms. The molecule has 1 aromatic carbocycles. The Balaban J connectivity index is 2.09. The van der Waals surface area contributed by atoms with Crippen molar-refractivity contribution in [2.24, 2.45) is 4.99 Å². The number of aromatic amines is 1. The molecule has 0 saturated carbocycles. The standard InChI is InChI=1S/C18H18N4O4/c23-10-13(11-24)21-14-6-5-12(9-17(14)22(25)26)18(15-3-1-7-19-15)16-4-2-8-20-16/h1-9,13,19,21,23-24H,10-11H2/b18-16-. The third-order valence-electron chi connectivity index (χ3n) is 3.96. The highest BCUT2D eigenvalue weighted by Crippen LogP contribution is 2.34. The topological polar surface area (TPSA) is 124 Å². The second-order valence-electron chi connectivity index (χ2n) is 5.68. The Morgan fingerprint density at radius 1 is 1.31 bits per heavy atom. The van der Waals surface area contributed by atoms with E-state index in [2.05, 4.69) is 15.3 Å². The van der Waals surface area contributed by atoms with Gasteiger partial charge in [-0.25, -0.2) is 0 Å². The molecule has 1 aromatic heterocycles. The Labute approximate surface area is 149 Å². The maximum Gasteiger partial charge on any atom is 0.292 e. The van der Waals surface area contributed by atoms with Crippen LogP contribution in [-0.4, -0.2) is 45.6 Å². The molecule has 3 rings (SSSR count). The highest BCUT2D eigenvalue weighted by molar-refractivity contribution is 5.89. The summed E-state index contributed by atoms with van der Waals surface area (Å²) in [5.41, 5.74) is 2.95. The number of H-pyrrole nitrogens is 1. The van der Waals surface area contributed by atoms with Crippen LogP contribution in [0.15, 0.2) is 59.4 Å². The number of rotatable bonds is 7. The van der Waals surface area contributed by atoms with Gasteiger partial charge in [-0.15, -0.1) is 0 Å². The smallest absolute Gasteiger partial charge is 0.292 e. The van der Waals surface area contributed by atoms with Crippen LogP contribution in [0, 0.1) is 10.1 Å². The predicted molar refractivity (Wildman–Crippen MR) is 99.1 cm³/mol. The summed E-state index contributed by atoms with van der Waals surface area (Å²) in [4.78, 5) is 18.5. The summed E-state index contributed by atoms with van der Waals surface area (Å²) in [5.74, 6) is 0. The highest BCUT2D eigenvalue weighted by Gasteiger charge is 2.21. The van der Waals surface area contributed by atoms with Gasteiger partial charge in [0.05, 0.1) is 29.9 Å². The minimum absolute atomic E-state index is 0.148. The van der Waals surface area contributed by atoms with Gasteiger partial charge in [-0.3, -0.25) is 15.1 Å². The molecule has 0 unspecified atom stereocenters. The fraction of sp³-hybridized carbons (Fsp3) is 0.167. The molecule has 8 nitrogen and oxygen atoms in total. The first-order valence-corrected chi connectivity index (χ1v) is 8.00. The van der Waals surface area contributed by atoms with Crippen molar-refractivity contribution in [1.29, 1.82) is 0 Å². The zero-order valence-corrected chi connectivity index (χ0v) is 13.8. The number of nitrogens with zero attached hydrogens (tertiary/aromatic N) is 2. The Bertz CT molecular complexity index is 867. The number of aromatic nitrogens is 1. The van der Waals surface area contributed by atoms with E-state index in [4.69, 9.17) is 0 Å². The Morgan fingerprint density at radius 2 is 2.12 bits per heavy atom. The van der Waals surface area contributed by atoms with Crippen molar-refractivity contribution >= 4 is 23.2 Å². The maximum atomic E-state index is 11.5. The summed E-state index contributed by atoms with van der Waals surface area (Å²) in [5, 5.41) is 32.7. The lowest BCUT2D eigenvalue weighted by molar-refractivity contribution is -0.384. The summed E-state index contributed by atoms with van der Waals surface area (Å²) in [6, 6.07) is 7.80. The monoisotopic (exact) mass is 354 g/mol. The van der Waals surface area contributed by atoms with Crippen LogP contribution in [0.4, 0.5) is 11.4 Å². The number of aliphatic hydroxyl groups is 2. The van der Waals surface area contributed by atoms with Crippen molar-refractivity contribution in [3.05, 3.63) is 75.7 Å². The first-order valence-electron chi connectivity index (χ1n) is 8.00. The van der Waals surface area contributed by atoms with Crippen LogP contribution in [0.25, 0.3) is 5.57 Å². The zero-order chi connectivity index (χ0) is 18.5. The van der Waals surface area contributed by atoms with Gasteiger partial charge in [0, 0.05) is 29.7 Å². The minimum Gasteiger partial charge on any atom is -0.394 e. The summed E-state index contributed by atoms with van der Waals surface area (Å²) in [6.07, 6.45) is 7.07. The molecule has 0 aliphatic carbocycles. The predicted octanol–water partition coefficient (Wildman–Crippen LogP) is 2.09. The molecular weight excluding hydrogens is 336 g/mol. The molecular formula is C18H18N4O4. The minimum atomic E-state index is -0.678. The van der Waals surface area contributed by atoms with E-state index in [1.54, 1.807) is 30.6 Å². The van der Waals surface area contributed by atoms with Gasteiger partial charge in [-0.1, -0.05) is 6.07 Å². The number of hydrogen-bond acceptors (Lipinski definition) is 6. The van der Waals surface area contributed by atoms with E-state index in [1.807, 2.05) is 18.2 Å². The second kappa shape index (κ2) is 7.77. The number of nitro benzene ring substituents is 1. The number of nitrogens with one attached hydrogen (secondary N) is 2. The van der Waals surface area contributed by atoms with E-state index in [9.17, 15) is 20.3 Å². The number of anilines is 1. The van der Waals surface area contributed by atoms with E-state index in [0.29, 0.717) is 11.3 Å². The van der Waals surface area contributed by atoms with Gasteiger partial charge in [0.15, 0.2) is 0 Å². The van der Waals surface area contributed by atoms with Crippen molar-refractivity contribution < 1.29 is 15.1 Å². The molecule has 26 heavy (non-hydrogen) atoms. The van der Waals surface area contributed by atoms with E-state index in [1.165, 1.54) is 6.07 Å². The fourth-order valence-corrected chi connectivity index (χ4v) is 2.70. The van der Waals surface area contributed by atoms with E-state index >= 15 is 0 Å². The van der Waals surface area contributed by atoms with Crippen LogP contribution in [0.3, 0.4) is 0 Å². The summed E-state index contributed by atoms with van der Waals surface area (Å²) >= 11 is 0. The van der Waals surface area contributed by atoms with Gasteiger partial charge in [0.25, 0.3) is 5.69 Å². The van der Waals surface area contributed by atoms with Crippen LogP contribution in [0.5, 0.6) is 0 Å². The lowest BCUT2D eigenvalue weighted by atomic mass is 9.99. The first-order chi connectivity index (χ1) is 12.6. The number of aliphatic imine (C=N–C) groups is 1. The van der Waals surface area contributed by atoms with Crippen LogP contribution >= 0.6 is 0 Å². The fourth-order valence-electron chi connectivity index (χ4n) is 2.70. The number of nitro groups is 1. The zero-order valence-electron chi connectivity index (χ0n) is 13.8. The lowest BCUT2D eigenvalue weighted by Gasteiger charge is -2.16. The lowest BCUT2D eigenvalue weighted by Crippen LogP contribution is -2.28. The highest BCUT2D eigenvalue weighted by atomic mass is 16.6. The molecule has 0 fully saturated rings. The molecule has 0 spiro atoms. The molecule has 4 N–H and O–H groups in total. The van der Waals surface area contributed by atoms with Gasteiger partial charge in [-0.05, 0) is 35.9 Å². The van der Waals surface area contributed by atoms with Crippen molar-refractivity contribution in [2.45, 2.75) is 6.04 Å². The Kier molecular flexibility index (Phi) is 5.26. The quantitative estimate of drug-likeness (QED) is 0.448. The molecule has 0 saturated heterocycles. The van der Waals surface area contributed by atoms with Crippen LogP contribution in [0.2, 0.25) is 0 Å². The molecule has 0 bridgehead atoms. The maximum absolute atomic E-state index is 11.5. The number of benzene rings is 1. The van der Waals surface area contributed by atoms with Crippen molar-refractivity contribution in [3.63, 3.8) is 0 Å². The van der Waals surface area contributed by atoms with Crippen molar-refractivity contribution in [1.82, 2.24) is 4.98 Å². The first kappa shape index (κ1) is 17.6. The summed E-state index contributed by atoms with van der Waals surface area (Å²) in [6.45, 7) is -0.681. The number of hydrogen-bond donors (Lipinski definition) is 4. The van der Waals surface area contributed by atoms with Gasteiger partial charge in [0.2, 0.25) is 0 Å². The summed E-state index contributed by atoms with van der Waals surface area (Å²) < 4.78 is 0. The molecule has 0 atom stereocenters. The van der Waals surface area contributed by atoms with Gasteiger partial charge in [0.1, 0.15) is 5.69 Å². The van der Waals surface area contributed by atoms with E-state index in [0.717, 1.165) is 11.3 Å². The van der Waals surface area contributed by atoms with E-state index in [-0.39, 0.29) is 24.6 Å². The van der Waals surface area contributed by atoms with Gasteiger partial charge >= 0.3 is 0 Å². The molecule has 0 radical (unpaired) electrons. The van der Waals surface area contributed by atoms with Crippen LogP contribution in [0.1, 0.15) is 11.3 Å². The average Bonchev–Trinajstić information content (AvgIpc) is 3.35. The molecule has 1 aliphatic heterocycles. The molecule has 134 valence electrons. The van der Waals surface area contributed by atoms with Crippen LogP contribution in [-0.2, 0) is 0 Å². The van der Waals surface area contributed by atoms with E-state index < -0.39 is 11.0 Å². The largest absolute Gasteiger partial charge is 0.394 e. The molecule has 2 heterocycles. The third kappa shape index (κ3) is 3.56. The Hall–Kier alpha value is -3.23.